The maximum Gasteiger partial charge on any atom is 0.246 e. The first-order valence-electron chi connectivity index (χ1n) is 6.18. The first-order chi connectivity index (χ1) is 9.48. The van der Waals surface area contributed by atoms with Crippen LogP contribution in [0, 0.1) is 11.6 Å². The van der Waals surface area contributed by atoms with E-state index in [1.165, 1.54) is 4.31 Å². The van der Waals surface area contributed by atoms with Crippen molar-refractivity contribution < 1.29 is 17.2 Å². The van der Waals surface area contributed by atoms with Crippen molar-refractivity contribution in [3.05, 3.63) is 29.3 Å². The van der Waals surface area contributed by atoms with Gasteiger partial charge in [-0.05, 0) is 19.2 Å². The fourth-order valence-electron chi connectivity index (χ4n) is 2.04. The van der Waals surface area contributed by atoms with Crippen molar-refractivity contribution in [2.75, 3.05) is 31.6 Å². The highest BCUT2D eigenvalue weighted by molar-refractivity contribution is 7.99. The average molecular weight is 322 g/mol. The second kappa shape index (κ2) is 6.38. The highest BCUT2D eigenvalue weighted by Crippen LogP contribution is 2.25. The van der Waals surface area contributed by atoms with Crippen LogP contribution in [0.4, 0.5) is 8.78 Å². The molecule has 0 radical (unpaired) electrons. The summed E-state index contributed by atoms with van der Waals surface area (Å²) < 4.78 is 53.9. The maximum atomic E-state index is 14.3. The molecule has 0 amide bonds. The SMILES string of the molecule is CNCc1c(F)ccc(S(=O)(=O)N2CCSCC2)c1F. The first kappa shape index (κ1) is 15.7. The van der Waals surface area contributed by atoms with E-state index in [1.54, 1.807) is 18.8 Å². The Labute approximate surface area is 121 Å². The zero-order valence-corrected chi connectivity index (χ0v) is 12.7. The van der Waals surface area contributed by atoms with Gasteiger partial charge in [0, 0.05) is 36.7 Å². The topological polar surface area (TPSA) is 49.4 Å². The van der Waals surface area contributed by atoms with Crippen molar-refractivity contribution >= 4 is 21.8 Å². The van der Waals surface area contributed by atoms with E-state index < -0.39 is 26.6 Å². The summed E-state index contributed by atoms with van der Waals surface area (Å²) in [7, 11) is -2.36. The van der Waals surface area contributed by atoms with Gasteiger partial charge in [0.05, 0.1) is 0 Å². The molecule has 0 saturated carbocycles. The molecule has 1 aliphatic heterocycles. The van der Waals surface area contributed by atoms with Gasteiger partial charge in [-0.15, -0.1) is 0 Å². The molecule has 4 nitrogen and oxygen atoms in total. The van der Waals surface area contributed by atoms with Crippen LogP contribution in [-0.4, -0.2) is 44.4 Å². The molecule has 0 unspecified atom stereocenters. The van der Waals surface area contributed by atoms with E-state index in [-0.39, 0.29) is 12.1 Å². The van der Waals surface area contributed by atoms with E-state index in [4.69, 9.17) is 0 Å². The number of nitrogens with one attached hydrogen (secondary N) is 1. The minimum absolute atomic E-state index is 0.0587. The number of sulfonamides is 1. The van der Waals surface area contributed by atoms with Crippen molar-refractivity contribution in [3.8, 4) is 0 Å². The lowest BCUT2D eigenvalue weighted by Crippen LogP contribution is -2.38. The molecule has 1 aliphatic rings. The van der Waals surface area contributed by atoms with Crippen LogP contribution in [-0.2, 0) is 16.6 Å². The predicted molar refractivity (Wildman–Crippen MR) is 75.2 cm³/mol. The van der Waals surface area contributed by atoms with Crippen LogP contribution >= 0.6 is 11.8 Å². The molecule has 1 heterocycles. The monoisotopic (exact) mass is 322 g/mol. The van der Waals surface area contributed by atoms with Gasteiger partial charge in [-0.25, -0.2) is 17.2 Å². The molecular weight excluding hydrogens is 306 g/mol. The van der Waals surface area contributed by atoms with Gasteiger partial charge in [0.1, 0.15) is 10.7 Å². The summed E-state index contributed by atoms with van der Waals surface area (Å²) >= 11 is 1.66. The molecule has 1 aromatic rings. The molecule has 0 spiro atoms. The van der Waals surface area contributed by atoms with Crippen molar-refractivity contribution in [3.63, 3.8) is 0 Å². The molecule has 0 atom stereocenters. The second-order valence-electron chi connectivity index (χ2n) is 4.38. The van der Waals surface area contributed by atoms with E-state index in [2.05, 4.69) is 5.32 Å². The van der Waals surface area contributed by atoms with Crippen LogP contribution in [0.5, 0.6) is 0 Å². The molecule has 0 bridgehead atoms. The lowest BCUT2D eigenvalue weighted by Gasteiger charge is -2.26. The summed E-state index contributed by atoms with van der Waals surface area (Å²) in [6.07, 6.45) is 0. The zero-order valence-electron chi connectivity index (χ0n) is 11.0. The van der Waals surface area contributed by atoms with Crippen LogP contribution in [0.2, 0.25) is 0 Å². The van der Waals surface area contributed by atoms with Crippen LogP contribution in [0.15, 0.2) is 17.0 Å². The number of hydrogen-bond acceptors (Lipinski definition) is 4. The minimum atomic E-state index is -3.90. The van der Waals surface area contributed by atoms with Gasteiger partial charge in [-0.2, -0.15) is 16.1 Å². The van der Waals surface area contributed by atoms with Crippen molar-refractivity contribution in [2.45, 2.75) is 11.4 Å². The van der Waals surface area contributed by atoms with Gasteiger partial charge in [0.25, 0.3) is 0 Å². The normalized spacial score (nSPS) is 17.4. The third-order valence-corrected chi connectivity index (χ3v) is 5.95. The molecule has 1 fully saturated rings. The minimum Gasteiger partial charge on any atom is -0.315 e. The van der Waals surface area contributed by atoms with Crippen LogP contribution < -0.4 is 5.32 Å². The van der Waals surface area contributed by atoms with E-state index in [0.29, 0.717) is 24.6 Å². The van der Waals surface area contributed by atoms with Gasteiger partial charge >= 0.3 is 0 Å². The van der Waals surface area contributed by atoms with E-state index >= 15 is 0 Å². The molecule has 8 heteroatoms. The van der Waals surface area contributed by atoms with Gasteiger partial charge in [0.15, 0.2) is 5.82 Å². The fourth-order valence-corrected chi connectivity index (χ4v) is 4.71. The Kier molecular flexibility index (Phi) is 5.00. The smallest absolute Gasteiger partial charge is 0.246 e. The van der Waals surface area contributed by atoms with Gasteiger partial charge in [-0.1, -0.05) is 0 Å². The molecule has 0 aromatic heterocycles. The summed E-state index contributed by atoms with van der Waals surface area (Å²) in [5, 5.41) is 2.63. The lowest BCUT2D eigenvalue weighted by molar-refractivity contribution is 0.436. The number of hydrogen-bond donors (Lipinski definition) is 1. The molecule has 2 rings (SSSR count). The van der Waals surface area contributed by atoms with Crippen molar-refractivity contribution in [1.82, 2.24) is 9.62 Å². The van der Waals surface area contributed by atoms with Gasteiger partial charge in [0.2, 0.25) is 10.0 Å². The Hall–Kier alpha value is -0.700. The Morgan fingerprint density at radius 2 is 1.95 bits per heavy atom. The number of benzene rings is 1. The Balaban J connectivity index is 2.43. The summed E-state index contributed by atoms with van der Waals surface area (Å²) in [6.45, 7) is 0.646. The number of nitrogens with zero attached hydrogens (tertiary/aromatic N) is 1. The predicted octanol–water partition coefficient (Wildman–Crippen LogP) is 1.42. The third-order valence-electron chi connectivity index (χ3n) is 3.09. The molecule has 112 valence electrons. The number of thioether (sulfide) groups is 1. The molecule has 20 heavy (non-hydrogen) atoms. The summed E-state index contributed by atoms with van der Waals surface area (Å²) in [5.41, 5.74) is -0.250. The molecular formula is C12H16F2N2O2S2. The number of rotatable bonds is 4. The molecule has 0 aliphatic carbocycles. The largest absolute Gasteiger partial charge is 0.315 e. The zero-order chi connectivity index (χ0) is 14.8. The van der Waals surface area contributed by atoms with E-state index in [1.807, 2.05) is 0 Å². The second-order valence-corrected chi connectivity index (χ2v) is 7.52. The standard InChI is InChI=1S/C12H16F2N2O2S2/c1-15-8-9-10(13)2-3-11(12(9)14)20(17,18)16-4-6-19-7-5-16/h2-3,15H,4-8H2,1H3. The molecule has 1 aromatic carbocycles. The van der Waals surface area contributed by atoms with Gasteiger partial charge < -0.3 is 5.32 Å². The maximum absolute atomic E-state index is 14.3. The summed E-state index contributed by atoms with van der Waals surface area (Å²) in [6, 6.07) is 2.00. The number of halogens is 2. The first-order valence-corrected chi connectivity index (χ1v) is 8.77. The third kappa shape index (κ3) is 2.98. The van der Waals surface area contributed by atoms with E-state index in [9.17, 15) is 17.2 Å². The van der Waals surface area contributed by atoms with Crippen LogP contribution in [0.1, 0.15) is 5.56 Å². The van der Waals surface area contributed by atoms with E-state index in [0.717, 1.165) is 12.1 Å². The molecule has 1 saturated heterocycles. The summed E-state index contributed by atoms with van der Waals surface area (Å²) in [5.74, 6) is -0.376. The van der Waals surface area contributed by atoms with Crippen molar-refractivity contribution in [2.24, 2.45) is 0 Å². The highest BCUT2D eigenvalue weighted by Gasteiger charge is 2.30. The lowest BCUT2D eigenvalue weighted by atomic mass is 10.2. The fraction of sp³-hybridized carbons (Fsp3) is 0.500. The highest BCUT2D eigenvalue weighted by atomic mass is 32.2. The molecule has 1 N–H and O–H groups in total. The quantitative estimate of drug-likeness (QED) is 0.911. The summed E-state index contributed by atoms with van der Waals surface area (Å²) in [4.78, 5) is -0.448. The van der Waals surface area contributed by atoms with Crippen LogP contribution in [0.3, 0.4) is 0 Å². The Morgan fingerprint density at radius 3 is 2.55 bits per heavy atom. The Bertz CT molecular complexity index is 587. The van der Waals surface area contributed by atoms with Crippen molar-refractivity contribution in [1.29, 1.82) is 0 Å². The van der Waals surface area contributed by atoms with Gasteiger partial charge in [-0.3, -0.25) is 0 Å². The van der Waals surface area contributed by atoms with Crippen LogP contribution in [0.25, 0.3) is 0 Å². The Morgan fingerprint density at radius 1 is 1.30 bits per heavy atom. The average Bonchev–Trinajstić information content (AvgIpc) is 2.44.